The molecular weight excluding hydrogens is 420 g/mol. The smallest absolute Gasteiger partial charge is 0.269 e. The van der Waals surface area contributed by atoms with Gasteiger partial charge in [0.2, 0.25) is 11.8 Å². The summed E-state index contributed by atoms with van der Waals surface area (Å²) < 4.78 is 0. The molecule has 166 valence electrons. The Balaban J connectivity index is 1.75. The van der Waals surface area contributed by atoms with Crippen LogP contribution in [0.3, 0.4) is 0 Å². The number of para-hydroxylation sites is 1. The molecule has 0 aromatic heterocycles. The van der Waals surface area contributed by atoms with Crippen molar-refractivity contribution in [3.05, 3.63) is 88.5 Å². The number of hydrogen-bond donors (Lipinski definition) is 1. The largest absolute Gasteiger partial charge is 0.366 e. The summed E-state index contributed by atoms with van der Waals surface area (Å²) >= 11 is 0. The summed E-state index contributed by atoms with van der Waals surface area (Å²) in [7, 11) is 0. The van der Waals surface area contributed by atoms with E-state index in [-0.39, 0.29) is 29.1 Å². The first kappa shape index (κ1) is 20.7. The van der Waals surface area contributed by atoms with E-state index in [1.807, 2.05) is 36.4 Å². The van der Waals surface area contributed by atoms with Crippen molar-refractivity contribution in [2.75, 3.05) is 9.80 Å². The number of nitrogens with two attached hydrogens (primary N) is 1. The number of benzene rings is 3. The molecule has 1 fully saturated rings. The number of rotatable bonds is 4. The highest BCUT2D eigenvalue weighted by Crippen LogP contribution is 2.48. The summed E-state index contributed by atoms with van der Waals surface area (Å²) in [5.41, 5.74) is 8.57. The lowest BCUT2D eigenvalue weighted by molar-refractivity contribution is -0.384. The molecule has 1 saturated carbocycles. The highest BCUT2D eigenvalue weighted by atomic mass is 16.6. The maximum absolute atomic E-state index is 13.9. The highest BCUT2D eigenvalue weighted by molar-refractivity contribution is 6.09. The van der Waals surface area contributed by atoms with E-state index in [1.165, 1.54) is 12.1 Å². The normalized spacial score (nSPS) is 19.6. The second kappa shape index (κ2) is 8.05. The van der Waals surface area contributed by atoms with Crippen LogP contribution in [0, 0.1) is 16.0 Å². The topological polar surface area (TPSA) is 110 Å². The molecule has 0 spiro atoms. The highest BCUT2D eigenvalue weighted by Gasteiger charge is 2.44. The second-order valence-corrected chi connectivity index (χ2v) is 8.33. The van der Waals surface area contributed by atoms with Crippen LogP contribution >= 0.6 is 0 Å². The van der Waals surface area contributed by atoms with Gasteiger partial charge in [-0.15, -0.1) is 0 Å². The zero-order chi connectivity index (χ0) is 23.1. The van der Waals surface area contributed by atoms with Crippen molar-refractivity contribution in [1.82, 2.24) is 0 Å². The number of non-ortho nitro benzene ring substituents is 1. The first-order valence-electron chi connectivity index (χ1n) is 10.8. The Morgan fingerprint density at radius 2 is 1.67 bits per heavy atom. The van der Waals surface area contributed by atoms with Crippen molar-refractivity contribution in [3.63, 3.8) is 0 Å². The molecular formula is C25H22N4O4. The maximum Gasteiger partial charge on any atom is 0.269 e. The molecule has 2 aliphatic rings. The van der Waals surface area contributed by atoms with Crippen molar-refractivity contribution in [2.45, 2.75) is 25.3 Å². The monoisotopic (exact) mass is 442 g/mol. The number of hydrogen-bond acceptors (Lipinski definition) is 5. The van der Waals surface area contributed by atoms with E-state index in [4.69, 9.17) is 5.73 Å². The van der Waals surface area contributed by atoms with Gasteiger partial charge in [-0.1, -0.05) is 24.6 Å². The molecule has 8 nitrogen and oxygen atoms in total. The standard InChI is InChI=1S/C25H22N4O4/c26-24(30)16-9-14-22-23(15-16)28(18-10-12-19(13-11-18)29(32)33)25(31)20-7-4-8-21(20)27(22)17-5-2-1-3-6-17/h1-3,5-6,9-15,20-21H,4,7-8H2,(H2,26,30)/t20-,21+/m0/s1. The first-order chi connectivity index (χ1) is 16.0. The second-order valence-electron chi connectivity index (χ2n) is 8.33. The minimum absolute atomic E-state index is 0.0406. The van der Waals surface area contributed by atoms with Gasteiger partial charge >= 0.3 is 0 Å². The zero-order valence-electron chi connectivity index (χ0n) is 17.8. The Morgan fingerprint density at radius 1 is 0.939 bits per heavy atom. The Kier molecular flexibility index (Phi) is 5.05. The number of nitro benzene ring substituents is 1. The number of nitrogens with zero attached hydrogens (tertiary/aromatic N) is 3. The molecule has 2 amide bonds. The molecule has 5 rings (SSSR count). The fraction of sp³-hybridized carbons (Fsp3) is 0.200. The van der Waals surface area contributed by atoms with Crippen LogP contribution in [-0.4, -0.2) is 22.8 Å². The number of carbonyl (C=O) groups excluding carboxylic acids is 2. The number of nitro groups is 1. The summed E-state index contributed by atoms with van der Waals surface area (Å²) in [6.07, 6.45) is 2.52. The fourth-order valence-corrected chi connectivity index (χ4v) is 4.97. The van der Waals surface area contributed by atoms with Crippen LogP contribution in [0.5, 0.6) is 0 Å². The quantitative estimate of drug-likeness (QED) is 0.466. The van der Waals surface area contributed by atoms with Gasteiger partial charge in [-0.2, -0.15) is 0 Å². The summed E-state index contributed by atoms with van der Waals surface area (Å²) in [6, 6.07) is 20.9. The Labute approximate surface area is 190 Å². The molecule has 1 aliphatic heterocycles. The molecule has 0 radical (unpaired) electrons. The number of fused-ring (bicyclic) bond motifs is 2. The molecule has 0 bridgehead atoms. The van der Waals surface area contributed by atoms with Crippen molar-refractivity contribution in [2.24, 2.45) is 11.7 Å². The lowest BCUT2D eigenvalue weighted by atomic mass is 10.00. The molecule has 8 heteroatoms. The Morgan fingerprint density at radius 3 is 2.33 bits per heavy atom. The average Bonchev–Trinajstić information content (AvgIpc) is 3.27. The number of amides is 2. The van der Waals surface area contributed by atoms with E-state index in [0.29, 0.717) is 11.4 Å². The van der Waals surface area contributed by atoms with Crippen molar-refractivity contribution in [1.29, 1.82) is 0 Å². The molecule has 1 aliphatic carbocycles. The lowest BCUT2D eigenvalue weighted by Crippen LogP contribution is -2.39. The van der Waals surface area contributed by atoms with Gasteiger partial charge in [0.25, 0.3) is 5.69 Å². The van der Waals surface area contributed by atoms with Crippen LogP contribution in [-0.2, 0) is 4.79 Å². The molecule has 0 saturated heterocycles. The van der Waals surface area contributed by atoms with Crippen LogP contribution in [0.1, 0.15) is 29.6 Å². The Hall–Kier alpha value is -4.20. The first-order valence-corrected chi connectivity index (χ1v) is 10.8. The lowest BCUT2D eigenvalue weighted by Gasteiger charge is -2.32. The van der Waals surface area contributed by atoms with Gasteiger partial charge in [0, 0.05) is 35.1 Å². The molecule has 2 N–H and O–H groups in total. The zero-order valence-corrected chi connectivity index (χ0v) is 17.8. The van der Waals surface area contributed by atoms with Gasteiger partial charge < -0.3 is 10.6 Å². The third-order valence-corrected chi connectivity index (χ3v) is 6.46. The maximum atomic E-state index is 13.9. The molecule has 1 heterocycles. The van der Waals surface area contributed by atoms with Crippen molar-refractivity contribution >= 4 is 40.3 Å². The van der Waals surface area contributed by atoms with Crippen LogP contribution in [0.25, 0.3) is 0 Å². The van der Waals surface area contributed by atoms with Gasteiger partial charge in [0.05, 0.1) is 22.2 Å². The molecule has 33 heavy (non-hydrogen) atoms. The average molecular weight is 442 g/mol. The number of primary amides is 1. The van der Waals surface area contributed by atoms with Gasteiger partial charge in [0.15, 0.2) is 0 Å². The summed E-state index contributed by atoms with van der Waals surface area (Å²) in [4.78, 5) is 40.3. The van der Waals surface area contributed by atoms with E-state index in [1.54, 1.807) is 29.2 Å². The van der Waals surface area contributed by atoms with Gasteiger partial charge in [-0.05, 0) is 55.3 Å². The minimum atomic E-state index is -0.593. The SMILES string of the molecule is NC(=O)c1ccc2c(c1)N(c1ccc([N+](=O)[O-])cc1)C(=O)[C@H]1CCC[C@H]1N2c1ccccc1. The number of anilines is 4. The molecule has 0 unspecified atom stereocenters. The third-order valence-electron chi connectivity index (χ3n) is 6.46. The van der Waals surface area contributed by atoms with Crippen LogP contribution in [0.4, 0.5) is 28.4 Å². The summed E-state index contributed by atoms with van der Waals surface area (Å²) in [5.74, 6) is -0.943. The fourth-order valence-electron chi connectivity index (χ4n) is 4.97. The van der Waals surface area contributed by atoms with Crippen LogP contribution in [0.15, 0.2) is 72.8 Å². The van der Waals surface area contributed by atoms with Crippen molar-refractivity contribution < 1.29 is 14.5 Å². The van der Waals surface area contributed by atoms with Crippen molar-refractivity contribution in [3.8, 4) is 0 Å². The van der Waals surface area contributed by atoms with Gasteiger partial charge in [0.1, 0.15) is 0 Å². The van der Waals surface area contributed by atoms with Gasteiger partial charge in [-0.25, -0.2) is 0 Å². The van der Waals surface area contributed by atoms with E-state index in [9.17, 15) is 19.7 Å². The van der Waals surface area contributed by atoms with Gasteiger partial charge in [-0.3, -0.25) is 24.6 Å². The summed E-state index contributed by atoms with van der Waals surface area (Å²) in [5, 5.41) is 11.1. The molecule has 2 atom stereocenters. The molecule has 3 aromatic carbocycles. The molecule has 3 aromatic rings. The predicted molar refractivity (Wildman–Crippen MR) is 125 cm³/mol. The number of carbonyl (C=O) groups is 2. The van der Waals surface area contributed by atoms with Crippen LogP contribution in [0.2, 0.25) is 0 Å². The predicted octanol–water partition coefficient (Wildman–Crippen LogP) is 4.68. The van der Waals surface area contributed by atoms with E-state index in [2.05, 4.69) is 4.90 Å². The Bertz CT molecular complexity index is 1240. The summed E-state index contributed by atoms with van der Waals surface area (Å²) in [6.45, 7) is 0. The minimum Gasteiger partial charge on any atom is -0.366 e. The van der Waals surface area contributed by atoms with E-state index >= 15 is 0 Å². The van der Waals surface area contributed by atoms with E-state index < -0.39 is 10.8 Å². The van der Waals surface area contributed by atoms with Crippen LogP contribution < -0.4 is 15.5 Å². The van der Waals surface area contributed by atoms with E-state index in [0.717, 1.165) is 30.6 Å². The third kappa shape index (κ3) is 3.49.